The summed E-state index contributed by atoms with van der Waals surface area (Å²) in [5.74, 6) is -1.94. The number of fused-ring (bicyclic) bond motifs is 1. The van der Waals surface area contributed by atoms with Crippen LogP contribution in [0.2, 0.25) is 0 Å². The monoisotopic (exact) mass is 426 g/mol. The number of rotatable bonds is 4. The molecule has 0 radical (unpaired) electrons. The largest absolute Gasteiger partial charge is 0.444 e. The summed E-state index contributed by atoms with van der Waals surface area (Å²) in [4.78, 5) is 36.7. The summed E-state index contributed by atoms with van der Waals surface area (Å²) in [5, 5.41) is 9.23. The number of carbonyl (C=O) groups is 3. The molecule has 0 bridgehead atoms. The van der Waals surface area contributed by atoms with Gasteiger partial charge in [-0.05, 0) is 63.6 Å². The third-order valence-electron chi connectivity index (χ3n) is 4.42. The quantitative estimate of drug-likeness (QED) is 0.647. The molecule has 0 aliphatic carbocycles. The summed E-state index contributed by atoms with van der Waals surface area (Å²) < 4.78 is 18.3. The van der Waals surface area contributed by atoms with Crippen LogP contribution in [0.1, 0.15) is 44.7 Å². The lowest BCUT2D eigenvalue weighted by Crippen LogP contribution is -2.27. The van der Waals surface area contributed by atoms with Gasteiger partial charge in [-0.25, -0.2) is 14.6 Å². The highest BCUT2D eigenvalue weighted by Crippen LogP contribution is 2.27. The van der Waals surface area contributed by atoms with Gasteiger partial charge in [-0.15, -0.1) is 0 Å². The van der Waals surface area contributed by atoms with E-state index < -0.39 is 35.2 Å². The Hall–Kier alpha value is -3.75. The molecule has 1 atom stereocenters. The minimum atomic E-state index is -0.656. The van der Waals surface area contributed by atoms with Crippen LogP contribution in [-0.2, 0) is 14.3 Å². The minimum Gasteiger partial charge on any atom is -0.444 e. The molecule has 31 heavy (non-hydrogen) atoms. The number of nitrogens with one attached hydrogen (secondary N) is 3. The smallest absolute Gasteiger partial charge is 0.412 e. The number of hydrogen-bond acceptors (Lipinski definition) is 5. The second-order valence-corrected chi connectivity index (χ2v) is 8.05. The molecule has 0 saturated carbocycles. The molecule has 9 heteroatoms. The van der Waals surface area contributed by atoms with E-state index in [1.807, 2.05) is 0 Å². The van der Waals surface area contributed by atoms with Crippen LogP contribution in [0, 0.1) is 5.82 Å². The standard InChI is InChI=1S/C22H23FN4O4/c1-12(13-5-7-14(23)8-6-13)19(28)27-26-18-16-11-15(9-10-17(16)25-20(18)29)24-21(30)31-22(2,3)4/h5-12H,1-4H3,(H,24,30)(H,27,28)(H,25,26,29). The molecule has 2 aromatic rings. The van der Waals surface area contributed by atoms with Gasteiger partial charge in [0.15, 0.2) is 5.71 Å². The first-order valence-electron chi connectivity index (χ1n) is 9.62. The van der Waals surface area contributed by atoms with Crippen LogP contribution < -0.4 is 16.1 Å². The van der Waals surface area contributed by atoms with Gasteiger partial charge in [0, 0.05) is 11.3 Å². The van der Waals surface area contributed by atoms with Crippen LogP contribution in [0.4, 0.5) is 20.6 Å². The second-order valence-electron chi connectivity index (χ2n) is 8.05. The van der Waals surface area contributed by atoms with Crippen molar-refractivity contribution in [2.24, 2.45) is 5.10 Å². The second kappa shape index (κ2) is 8.55. The number of nitrogens with zero attached hydrogens (tertiary/aromatic N) is 1. The van der Waals surface area contributed by atoms with Gasteiger partial charge in [0.25, 0.3) is 5.91 Å². The van der Waals surface area contributed by atoms with E-state index >= 15 is 0 Å². The highest BCUT2D eigenvalue weighted by Gasteiger charge is 2.28. The summed E-state index contributed by atoms with van der Waals surface area (Å²) in [6.07, 6.45) is -0.635. The van der Waals surface area contributed by atoms with Crippen molar-refractivity contribution in [3.8, 4) is 0 Å². The topological polar surface area (TPSA) is 109 Å². The molecule has 1 heterocycles. The molecule has 0 spiro atoms. The Labute approximate surface area is 178 Å². The van der Waals surface area contributed by atoms with Gasteiger partial charge < -0.3 is 10.1 Å². The molecule has 1 unspecified atom stereocenters. The highest BCUT2D eigenvalue weighted by molar-refractivity contribution is 6.54. The van der Waals surface area contributed by atoms with Gasteiger partial charge in [-0.3, -0.25) is 14.9 Å². The average Bonchev–Trinajstić information content (AvgIpc) is 2.99. The number of amides is 3. The van der Waals surface area contributed by atoms with E-state index in [-0.39, 0.29) is 5.71 Å². The molecule has 0 aromatic heterocycles. The van der Waals surface area contributed by atoms with Gasteiger partial charge in [0.05, 0.1) is 11.6 Å². The molecule has 3 amide bonds. The van der Waals surface area contributed by atoms with Crippen LogP contribution >= 0.6 is 0 Å². The average molecular weight is 426 g/mol. The number of anilines is 2. The van der Waals surface area contributed by atoms with Crippen molar-refractivity contribution in [1.29, 1.82) is 0 Å². The fourth-order valence-corrected chi connectivity index (χ4v) is 2.87. The van der Waals surface area contributed by atoms with Crippen molar-refractivity contribution in [3.05, 3.63) is 59.4 Å². The molecular weight excluding hydrogens is 403 g/mol. The predicted molar refractivity (Wildman–Crippen MR) is 114 cm³/mol. The van der Waals surface area contributed by atoms with Crippen LogP contribution in [-0.4, -0.2) is 29.2 Å². The zero-order valence-electron chi connectivity index (χ0n) is 17.6. The molecule has 3 N–H and O–H groups in total. The summed E-state index contributed by atoms with van der Waals surface area (Å²) in [6, 6.07) is 10.4. The minimum absolute atomic E-state index is 0.00231. The lowest BCUT2D eigenvalue weighted by molar-refractivity contribution is -0.122. The number of carbonyl (C=O) groups excluding carboxylic acids is 3. The van der Waals surface area contributed by atoms with Crippen LogP contribution in [0.25, 0.3) is 0 Å². The van der Waals surface area contributed by atoms with Crippen molar-refractivity contribution in [2.75, 3.05) is 10.6 Å². The molecule has 0 fully saturated rings. The first kappa shape index (κ1) is 21.9. The molecule has 162 valence electrons. The Morgan fingerprint density at radius 2 is 1.81 bits per heavy atom. The zero-order chi connectivity index (χ0) is 22.8. The van der Waals surface area contributed by atoms with Crippen molar-refractivity contribution in [2.45, 2.75) is 39.2 Å². The molecule has 2 aromatic carbocycles. The van der Waals surface area contributed by atoms with Gasteiger partial charge >= 0.3 is 6.09 Å². The van der Waals surface area contributed by atoms with E-state index in [1.165, 1.54) is 24.3 Å². The number of hydrogen-bond donors (Lipinski definition) is 3. The first-order chi connectivity index (χ1) is 14.5. The zero-order valence-corrected chi connectivity index (χ0v) is 17.6. The van der Waals surface area contributed by atoms with E-state index in [0.29, 0.717) is 22.5 Å². The van der Waals surface area contributed by atoms with Crippen molar-refractivity contribution in [1.82, 2.24) is 5.43 Å². The lowest BCUT2D eigenvalue weighted by atomic mass is 10.0. The maximum absolute atomic E-state index is 13.1. The fraction of sp³-hybridized carbons (Fsp3) is 0.273. The summed E-state index contributed by atoms with van der Waals surface area (Å²) in [5.41, 5.74) is 3.67. The maximum Gasteiger partial charge on any atom is 0.412 e. The first-order valence-corrected chi connectivity index (χ1v) is 9.62. The number of benzene rings is 2. The van der Waals surface area contributed by atoms with Gasteiger partial charge in [0.2, 0.25) is 5.91 Å². The highest BCUT2D eigenvalue weighted by atomic mass is 19.1. The van der Waals surface area contributed by atoms with E-state index in [2.05, 4.69) is 21.2 Å². The Morgan fingerprint density at radius 3 is 2.45 bits per heavy atom. The summed E-state index contributed by atoms with van der Waals surface area (Å²) in [7, 11) is 0. The van der Waals surface area contributed by atoms with Crippen molar-refractivity contribution in [3.63, 3.8) is 0 Å². The third-order valence-corrected chi connectivity index (χ3v) is 4.42. The SMILES string of the molecule is CC(C(=O)NN=C1C(=O)Nc2ccc(NC(=O)OC(C)(C)C)cc21)c1ccc(F)cc1. The predicted octanol–water partition coefficient (Wildman–Crippen LogP) is 3.75. The summed E-state index contributed by atoms with van der Waals surface area (Å²) in [6.45, 7) is 6.89. The molecule has 1 aliphatic heterocycles. The Morgan fingerprint density at radius 1 is 1.13 bits per heavy atom. The molecule has 3 rings (SSSR count). The Balaban J connectivity index is 1.75. The van der Waals surface area contributed by atoms with E-state index in [0.717, 1.165) is 0 Å². The normalized spacial score (nSPS) is 15.1. The van der Waals surface area contributed by atoms with Crippen LogP contribution in [0.5, 0.6) is 0 Å². The van der Waals surface area contributed by atoms with E-state index in [9.17, 15) is 18.8 Å². The summed E-state index contributed by atoms with van der Waals surface area (Å²) >= 11 is 0. The van der Waals surface area contributed by atoms with E-state index in [1.54, 1.807) is 45.9 Å². The van der Waals surface area contributed by atoms with Crippen LogP contribution in [0.3, 0.4) is 0 Å². The third kappa shape index (κ3) is 5.44. The molecule has 8 nitrogen and oxygen atoms in total. The number of ether oxygens (including phenoxy) is 1. The van der Waals surface area contributed by atoms with Crippen molar-refractivity contribution < 1.29 is 23.5 Å². The van der Waals surface area contributed by atoms with Crippen molar-refractivity contribution >= 4 is 35.0 Å². The molecule has 1 aliphatic rings. The molecule has 0 saturated heterocycles. The van der Waals surface area contributed by atoms with E-state index in [4.69, 9.17) is 4.74 Å². The lowest BCUT2D eigenvalue weighted by Gasteiger charge is -2.19. The van der Waals surface area contributed by atoms with Gasteiger partial charge in [-0.1, -0.05) is 12.1 Å². The number of halogens is 1. The van der Waals surface area contributed by atoms with Crippen LogP contribution in [0.15, 0.2) is 47.6 Å². The van der Waals surface area contributed by atoms with Gasteiger partial charge in [0.1, 0.15) is 11.4 Å². The fourth-order valence-electron chi connectivity index (χ4n) is 2.87. The Bertz CT molecular complexity index is 1060. The maximum atomic E-state index is 13.1. The Kier molecular flexibility index (Phi) is 6.05. The molecular formula is C22H23FN4O4. The van der Waals surface area contributed by atoms with Gasteiger partial charge in [-0.2, -0.15) is 5.10 Å². The number of hydrazone groups is 1.